The van der Waals surface area contributed by atoms with Gasteiger partial charge >= 0.3 is 6.18 Å². The van der Waals surface area contributed by atoms with E-state index in [0.717, 1.165) is 0 Å². The third-order valence-electron chi connectivity index (χ3n) is 1.95. The van der Waals surface area contributed by atoms with E-state index in [0.29, 0.717) is 12.3 Å². The van der Waals surface area contributed by atoms with Crippen molar-refractivity contribution < 1.29 is 33.0 Å². The highest BCUT2D eigenvalue weighted by molar-refractivity contribution is 5.99. The summed E-state index contributed by atoms with van der Waals surface area (Å²) < 4.78 is 37.8. The van der Waals surface area contributed by atoms with Crippen LogP contribution in [0.1, 0.15) is 26.4 Å². The van der Waals surface area contributed by atoms with Gasteiger partial charge in [-0.15, -0.1) is 0 Å². The number of rotatable bonds is 3. The second-order valence-electron chi connectivity index (χ2n) is 3.22. The molecule has 1 rings (SSSR count). The summed E-state index contributed by atoms with van der Waals surface area (Å²) in [5.74, 6) is -2.78. The lowest BCUT2D eigenvalue weighted by atomic mass is 10.1. The summed E-state index contributed by atoms with van der Waals surface area (Å²) in [6.45, 7) is 0. The summed E-state index contributed by atoms with van der Waals surface area (Å²) in [7, 11) is 0. The maximum Gasteiger partial charge on any atom is 0.418 e. The number of nitrogens with two attached hydrogens (primary N) is 1. The summed E-state index contributed by atoms with van der Waals surface area (Å²) in [5, 5.41) is 17.1. The van der Waals surface area contributed by atoms with Gasteiger partial charge in [-0.25, -0.2) is 0 Å². The predicted octanol–water partition coefficient (Wildman–Crippen LogP) is -0.307. The second kappa shape index (κ2) is 4.70. The highest BCUT2D eigenvalue weighted by atomic mass is 19.4. The first-order chi connectivity index (χ1) is 8.14. The molecule has 0 unspecified atom stereocenters. The van der Waals surface area contributed by atoms with Crippen molar-refractivity contribution in [3.05, 3.63) is 29.1 Å². The Hall–Kier alpha value is -2.00. The lowest BCUT2D eigenvalue weighted by Crippen LogP contribution is -2.25. The summed E-state index contributed by atoms with van der Waals surface area (Å²) in [6, 6.07) is 0.324. The lowest BCUT2D eigenvalue weighted by molar-refractivity contribution is -0.138. The smallest absolute Gasteiger partial charge is 0.366 e. The Bertz CT molecular complexity index is 499. The molecule has 1 amide bonds. The van der Waals surface area contributed by atoms with Crippen molar-refractivity contribution in [3.8, 4) is 0 Å². The minimum atomic E-state index is -4.99. The van der Waals surface area contributed by atoms with E-state index in [9.17, 15) is 22.8 Å². The van der Waals surface area contributed by atoms with Crippen molar-refractivity contribution in [2.24, 2.45) is 5.73 Å². The van der Waals surface area contributed by atoms with Crippen LogP contribution in [-0.4, -0.2) is 33.2 Å². The van der Waals surface area contributed by atoms with Crippen LogP contribution in [0.3, 0.4) is 0 Å². The molecule has 0 bridgehead atoms. The number of alkyl halides is 3. The zero-order valence-corrected chi connectivity index (χ0v) is 8.60. The summed E-state index contributed by atoms with van der Waals surface area (Å²) in [4.78, 5) is 24.9. The monoisotopic (exact) mass is 264 g/mol. The number of aromatic nitrogens is 1. The van der Waals surface area contributed by atoms with Gasteiger partial charge in [0.1, 0.15) is 5.69 Å². The molecular formula is C9H7F3N2O4. The molecule has 18 heavy (non-hydrogen) atoms. The Balaban J connectivity index is 3.44. The van der Waals surface area contributed by atoms with Crippen LogP contribution >= 0.6 is 0 Å². The standard InChI is InChI=1S/C9H7F3N2O4/c10-9(11,12)4-1-3(7(13)16)2-14-5(4)6(15)8(17)18/h1-2,8,17-18H,(H2,13,16). The van der Waals surface area contributed by atoms with E-state index >= 15 is 0 Å². The lowest BCUT2D eigenvalue weighted by Gasteiger charge is -2.12. The molecule has 0 saturated carbocycles. The number of aliphatic hydroxyl groups excluding tert-OH is 1. The molecule has 4 N–H and O–H groups in total. The Kier molecular flexibility index (Phi) is 3.67. The van der Waals surface area contributed by atoms with E-state index in [1.54, 1.807) is 0 Å². The number of nitrogens with zero attached hydrogens (tertiary/aromatic N) is 1. The van der Waals surface area contributed by atoms with E-state index < -0.39 is 41.0 Å². The third-order valence-corrected chi connectivity index (χ3v) is 1.95. The zero-order valence-electron chi connectivity index (χ0n) is 8.60. The first-order valence-corrected chi connectivity index (χ1v) is 4.42. The van der Waals surface area contributed by atoms with Crippen molar-refractivity contribution in [1.29, 1.82) is 0 Å². The largest absolute Gasteiger partial charge is 0.418 e. The van der Waals surface area contributed by atoms with E-state index in [2.05, 4.69) is 4.98 Å². The van der Waals surface area contributed by atoms with E-state index in [4.69, 9.17) is 15.9 Å². The number of aliphatic hydroxyl groups is 2. The van der Waals surface area contributed by atoms with Gasteiger partial charge in [-0.1, -0.05) is 0 Å². The van der Waals surface area contributed by atoms with Gasteiger partial charge in [0.25, 0.3) is 0 Å². The number of halogens is 3. The topological polar surface area (TPSA) is 114 Å². The van der Waals surface area contributed by atoms with Crippen LogP contribution in [0.25, 0.3) is 0 Å². The van der Waals surface area contributed by atoms with Gasteiger partial charge in [0, 0.05) is 6.20 Å². The fraction of sp³-hybridized carbons (Fsp3) is 0.222. The number of Topliss-reactive ketones (excluding diaryl/α,β-unsaturated/α-hetero) is 1. The van der Waals surface area contributed by atoms with Crippen LogP contribution in [0.4, 0.5) is 13.2 Å². The van der Waals surface area contributed by atoms with Crippen LogP contribution in [0.15, 0.2) is 12.3 Å². The first-order valence-electron chi connectivity index (χ1n) is 4.42. The normalized spacial score (nSPS) is 11.7. The highest BCUT2D eigenvalue weighted by Gasteiger charge is 2.38. The Morgan fingerprint density at radius 3 is 2.28 bits per heavy atom. The molecule has 1 aromatic rings. The van der Waals surface area contributed by atoms with E-state index in [-0.39, 0.29) is 0 Å². The Morgan fingerprint density at radius 1 is 1.33 bits per heavy atom. The molecular weight excluding hydrogens is 257 g/mol. The number of carbonyl (C=O) groups is 2. The first kappa shape index (κ1) is 14.1. The fourth-order valence-electron chi connectivity index (χ4n) is 1.13. The molecule has 6 nitrogen and oxygen atoms in total. The van der Waals surface area contributed by atoms with Crippen molar-refractivity contribution in [1.82, 2.24) is 4.98 Å². The van der Waals surface area contributed by atoms with Gasteiger partial charge in [-0.3, -0.25) is 14.6 Å². The van der Waals surface area contributed by atoms with Crippen molar-refractivity contribution >= 4 is 11.7 Å². The van der Waals surface area contributed by atoms with Crippen molar-refractivity contribution in [2.75, 3.05) is 0 Å². The van der Waals surface area contributed by atoms with Gasteiger partial charge in [0.2, 0.25) is 18.0 Å². The quantitative estimate of drug-likeness (QED) is 0.512. The number of hydrogen-bond acceptors (Lipinski definition) is 5. The predicted molar refractivity (Wildman–Crippen MR) is 50.3 cm³/mol. The molecule has 0 radical (unpaired) electrons. The molecule has 0 atom stereocenters. The number of primary amides is 1. The molecule has 0 spiro atoms. The minimum absolute atomic E-state index is 0.324. The molecule has 1 aromatic heterocycles. The number of hydrogen-bond donors (Lipinski definition) is 3. The van der Waals surface area contributed by atoms with Crippen LogP contribution in [0, 0.1) is 0 Å². The average molecular weight is 264 g/mol. The van der Waals surface area contributed by atoms with Gasteiger partial charge in [0.15, 0.2) is 0 Å². The third kappa shape index (κ3) is 2.81. The molecule has 98 valence electrons. The average Bonchev–Trinajstić information content (AvgIpc) is 2.25. The SMILES string of the molecule is NC(=O)c1cnc(C(=O)C(O)O)c(C(F)(F)F)c1. The minimum Gasteiger partial charge on any atom is -0.366 e. The molecule has 0 fully saturated rings. The molecule has 0 saturated heterocycles. The number of pyridine rings is 1. The number of amides is 1. The second-order valence-corrected chi connectivity index (χ2v) is 3.22. The molecule has 0 aliphatic rings. The van der Waals surface area contributed by atoms with E-state index in [1.807, 2.05) is 0 Å². The zero-order chi connectivity index (χ0) is 14.1. The van der Waals surface area contributed by atoms with Crippen LogP contribution in [-0.2, 0) is 6.18 Å². The number of ketones is 1. The Morgan fingerprint density at radius 2 is 1.89 bits per heavy atom. The van der Waals surface area contributed by atoms with Crippen LogP contribution in [0.2, 0.25) is 0 Å². The summed E-state index contributed by atoms with van der Waals surface area (Å²) in [6.07, 6.45) is -6.97. The molecule has 0 aliphatic carbocycles. The van der Waals surface area contributed by atoms with Gasteiger partial charge < -0.3 is 15.9 Å². The van der Waals surface area contributed by atoms with Gasteiger partial charge in [-0.05, 0) is 6.07 Å². The molecule has 1 heterocycles. The maximum absolute atomic E-state index is 12.6. The molecule has 0 aromatic carbocycles. The van der Waals surface area contributed by atoms with Crippen LogP contribution < -0.4 is 5.73 Å². The maximum atomic E-state index is 12.6. The van der Waals surface area contributed by atoms with Crippen molar-refractivity contribution in [2.45, 2.75) is 12.5 Å². The summed E-state index contributed by atoms with van der Waals surface area (Å²) >= 11 is 0. The van der Waals surface area contributed by atoms with Crippen molar-refractivity contribution in [3.63, 3.8) is 0 Å². The molecule has 0 aliphatic heterocycles. The Labute approximate surface area is 97.9 Å². The summed E-state index contributed by atoms with van der Waals surface area (Å²) in [5.41, 5.74) is 1.48. The van der Waals surface area contributed by atoms with Gasteiger partial charge in [0.05, 0.1) is 11.1 Å². The van der Waals surface area contributed by atoms with Crippen LogP contribution in [0.5, 0.6) is 0 Å². The number of carbonyl (C=O) groups excluding carboxylic acids is 2. The fourth-order valence-corrected chi connectivity index (χ4v) is 1.13. The molecule has 9 heteroatoms. The van der Waals surface area contributed by atoms with E-state index in [1.165, 1.54) is 0 Å². The highest BCUT2D eigenvalue weighted by Crippen LogP contribution is 2.32. The van der Waals surface area contributed by atoms with Gasteiger partial charge in [-0.2, -0.15) is 13.2 Å².